The van der Waals surface area contributed by atoms with E-state index in [0.29, 0.717) is 19.7 Å². The first-order valence-corrected chi connectivity index (χ1v) is 7.43. The van der Waals surface area contributed by atoms with E-state index in [1.54, 1.807) is 0 Å². The van der Waals surface area contributed by atoms with Crippen molar-refractivity contribution in [3.05, 3.63) is 28.7 Å². The Morgan fingerprint density at radius 3 is 2.76 bits per heavy atom. The van der Waals surface area contributed by atoms with Crippen LogP contribution in [0.1, 0.15) is 6.42 Å². The average Bonchev–Trinajstić information content (AvgIpc) is 2.41. The van der Waals surface area contributed by atoms with E-state index < -0.39 is 5.97 Å². The van der Waals surface area contributed by atoms with Gasteiger partial charge in [-0.2, -0.15) is 0 Å². The second kappa shape index (κ2) is 7.53. The van der Waals surface area contributed by atoms with Gasteiger partial charge in [0.2, 0.25) is 5.91 Å². The number of hydrogen-bond acceptors (Lipinski definition) is 4. The lowest BCUT2D eigenvalue weighted by molar-refractivity contribution is -0.142. The predicted octanol–water partition coefficient (Wildman–Crippen LogP) is 1.56. The van der Waals surface area contributed by atoms with Crippen LogP contribution in [-0.4, -0.2) is 54.2 Å². The van der Waals surface area contributed by atoms with Gasteiger partial charge in [-0.1, -0.05) is 15.9 Å². The molecule has 0 radical (unpaired) electrons. The lowest BCUT2D eigenvalue weighted by Gasteiger charge is -2.31. The van der Waals surface area contributed by atoms with Crippen molar-refractivity contribution < 1.29 is 19.4 Å². The molecule has 2 rings (SSSR count). The molecule has 0 spiro atoms. The smallest absolute Gasteiger partial charge is 0.306 e. The summed E-state index contributed by atoms with van der Waals surface area (Å²) in [7, 11) is 0. The van der Waals surface area contributed by atoms with Crippen molar-refractivity contribution in [1.82, 2.24) is 4.90 Å². The standard InChI is InChI=1S/C14H17BrN2O4/c15-10-1-3-11(4-2-10)16-13(18)9-17-5-6-21-12(8-17)7-14(19)20/h1-4,12H,5-9H2,(H,16,18)(H,19,20). The van der Waals surface area contributed by atoms with Gasteiger partial charge in [-0.05, 0) is 24.3 Å². The van der Waals surface area contributed by atoms with Gasteiger partial charge in [-0.15, -0.1) is 0 Å². The molecule has 1 unspecified atom stereocenters. The third-order valence-corrected chi connectivity index (χ3v) is 3.65. The van der Waals surface area contributed by atoms with Gasteiger partial charge in [-0.25, -0.2) is 0 Å². The van der Waals surface area contributed by atoms with Crippen LogP contribution in [0.4, 0.5) is 5.69 Å². The van der Waals surface area contributed by atoms with E-state index in [4.69, 9.17) is 9.84 Å². The second-order valence-corrected chi connectivity index (χ2v) is 5.80. The van der Waals surface area contributed by atoms with Crippen molar-refractivity contribution >= 4 is 33.5 Å². The maximum Gasteiger partial charge on any atom is 0.306 e. The average molecular weight is 357 g/mol. The Hall–Kier alpha value is -1.44. The number of hydrogen-bond donors (Lipinski definition) is 2. The van der Waals surface area contributed by atoms with Crippen LogP contribution in [0.5, 0.6) is 0 Å². The van der Waals surface area contributed by atoms with Crippen LogP contribution in [0.2, 0.25) is 0 Å². The maximum atomic E-state index is 12.0. The first-order valence-electron chi connectivity index (χ1n) is 6.64. The summed E-state index contributed by atoms with van der Waals surface area (Å²) in [6.07, 6.45) is -0.387. The molecule has 114 valence electrons. The van der Waals surface area contributed by atoms with Gasteiger partial charge in [0, 0.05) is 23.2 Å². The number of carbonyl (C=O) groups excluding carboxylic acids is 1. The molecule has 1 saturated heterocycles. The Morgan fingerprint density at radius 2 is 2.10 bits per heavy atom. The van der Waals surface area contributed by atoms with Crippen LogP contribution in [0, 0.1) is 0 Å². The molecule has 2 N–H and O–H groups in total. The zero-order chi connectivity index (χ0) is 15.2. The zero-order valence-electron chi connectivity index (χ0n) is 11.4. The van der Waals surface area contributed by atoms with E-state index in [0.717, 1.165) is 10.2 Å². The van der Waals surface area contributed by atoms with Gasteiger partial charge in [0.1, 0.15) is 0 Å². The Bertz CT molecular complexity index is 506. The fraction of sp³-hybridized carbons (Fsp3) is 0.429. The molecular weight excluding hydrogens is 340 g/mol. The molecule has 1 aromatic rings. The molecule has 0 bridgehead atoms. The van der Waals surface area contributed by atoms with E-state index >= 15 is 0 Å². The minimum absolute atomic E-state index is 0.0369. The first kappa shape index (κ1) is 15.9. The topological polar surface area (TPSA) is 78.9 Å². The molecule has 1 atom stereocenters. The SMILES string of the molecule is O=C(O)CC1CN(CC(=O)Nc2ccc(Br)cc2)CCO1. The Kier molecular flexibility index (Phi) is 5.72. The van der Waals surface area contributed by atoms with Gasteiger partial charge in [0.15, 0.2) is 0 Å². The number of nitrogens with zero attached hydrogens (tertiary/aromatic N) is 1. The largest absolute Gasteiger partial charge is 0.481 e. The van der Waals surface area contributed by atoms with E-state index in [1.165, 1.54) is 0 Å². The number of halogens is 1. The number of carbonyl (C=O) groups is 2. The maximum absolute atomic E-state index is 12.0. The minimum atomic E-state index is -0.888. The predicted molar refractivity (Wildman–Crippen MR) is 81.2 cm³/mol. The minimum Gasteiger partial charge on any atom is -0.481 e. The highest BCUT2D eigenvalue weighted by Crippen LogP contribution is 2.14. The molecule has 6 nitrogen and oxygen atoms in total. The molecule has 0 aromatic heterocycles. The number of benzene rings is 1. The van der Waals surface area contributed by atoms with Crippen molar-refractivity contribution in [1.29, 1.82) is 0 Å². The molecule has 1 aliphatic heterocycles. The van der Waals surface area contributed by atoms with Gasteiger partial charge < -0.3 is 15.2 Å². The summed E-state index contributed by atoms with van der Waals surface area (Å²) in [6.45, 7) is 1.77. The highest BCUT2D eigenvalue weighted by Gasteiger charge is 2.23. The van der Waals surface area contributed by atoms with Crippen LogP contribution in [0.15, 0.2) is 28.7 Å². The number of amides is 1. The summed E-state index contributed by atoms with van der Waals surface area (Å²) < 4.78 is 6.32. The monoisotopic (exact) mass is 356 g/mol. The molecule has 0 aliphatic carbocycles. The number of aliphatic carboxylic acids is 1. The van der Waals surface area contributed by atoms with Crippen molar-refractivity contribution in [2.24, 2.45) is 0 Å². The van der Waals surface area contributed by atoms with Crippen LogP contribution in [0.3, 0.4) is 0 Å². The fourth-order valence-electron chi connectivity index (χ4n) is 2.18. The third kappa shape index (κ3) is 5.45. The highest BCUT2D eigenvalue weighted by molar-refractivity contribution is 9.10. The number of ether oxygens (including phenoxy) is 1. The molecule has 1 amide bonds. The second-order valence-electron chi connectivity index (χ2n) is 4.88. The van der Waals surface area contributed by atoms with E-state index in [-0.39, 0.29) is 25.0 Å². The number of nitrogens with one attached hydrogen (secondary N) is 1. The quantitative estimate of drug-likeness (QED) is 0.836. The normalized spacial score (nSPS) is 19.2. The summed E-state index contributed by atoms with van der Waals surface area (Å²) in [5.41, 5.74) is 0.735. The summed E-state index contributed by atoms with van der Waals surface area (Å²) in [4.78, 5) is 24.6. The Morgan fingerprint density at radius 1 is 1.38 bits per heavy atom. The van der Waals surface area contributed by atoms with Crippen LogP contribution in [0.25, 0.3) is 0 Å². The Labute approximate surface area is 131 Å². The number of carboxylic acids is 1. The van der Waals surface area contributed by atoms with Gasteiger partial charge >= 0.3 is 5.97 Å². The van der Waals surface area contributed by atoms with Crippen LogP contribution >= 0.6 is 15.9 Å². The van der Waals surface area contributed by atoms with Gasteiger partial charge in [-0.3, -0.25) is 14.5 Å². The zero-order valence-corrected chi connectivity index (χ0v) is 13.0. The summed E-state index contributed by atoms with van der Waals surface area (Å²) >= 11 is 3.33. The third-order valence-electron chi connectivity index (χ3n) is 3.12. The molecule has 21 heavy (non-hydrogen) atoms. The fourth-order valence-corrected chi connectivity index (χ4v) is 2.44. The summed E-state index contributed by atoms with van der Waals surface area (Å²) in [5.74, 6) is -1.01. The number of morpholine rings is 1. The van der Waals surface area contributed by atoms with Crippen molar-refractivity contribution in [3.63, 3.8) is 0 Å². The van der Waals surface area contributed by atoms with Gasteiger partial charge in [0.05, 0.1) is 25.7 Å². The lowest BCUT2D eigenvalue weighted by Crippen LogP contribution is -2.46. The molecule has 0 saturated carbocycles. The molecular formula is C14H17BrN2O4. The molecule has 7 heteroatoms. The number of rotatable bonds is 5. The number of carboxylic acid groups (broad SMARTS) is 1. The molecule has 1 aliphatic rings. The van der Waals surface area contributed by atoms with E-state index in [9.17, 15) is 9.59 Å². The Balaban J connectivity index is 1.81. The summed E-state index contributed by atoms with van der Waals surface area (Å²) in [5, 5.41) is 11.6. The molecule has 1 fully saturated rings. The summed E-state index contributed by atoms with van der Waals surface area (Å²) in [6, 6.07) is 7.34. The van der Waals surface area contributed by atoms with E-state index in [1.807, 2.05) is 29.2 Å². The van der Waals surface area contributed by atoms with Crippen molar-refractivity contribution in [2.75, 3.05) is 31.6 Å². The van der Waals surface area contributed by atoms with Gasteiger partial charge in [0.25, 0.3) is 0 Å². The molecule has 1 heterocycles. The first-order chi connectivity index (χ1) is 10.0. The van der Waals surface area contributed by atoms with Crippen molar-refractivity contribution in [3.8, 4) is 0 Å². The number of anilines is 1. The lowest BCUT2D eigenvalue weighted by atomic mass is 10.2. The van der Waals surface area contributed by atoms with Crippen LogP contribution in [-0.2, 0) is 14.3 Å². The molecule has 1 aromatic carbocycles. The highest BCUT2D eigenvalue weighted by atomic mass is 79.9. The van der Waals surface area contributed by atoms with E-state index in [2.05, 4.69) is 21.2 Å². The van der Waals surface area contributed by atoms with Crippen molar-refractivity contribution in [2.45, 2.75) is 12.5 Å². The van der Waals surface area contributed by atoms with Crippen LogP contribution < -0.4 is 5.32 Å².